The summed E-state index contributed by atoms with van der Waals surface area (Å²) in [6.07, 6.45) is 2.72. The Morgan fingerprint density at radius 3 is 2.62 bits per heavy atom. The van der Waals surface area contributed by atoms with Crippen LogP contribution in [0.4, 0.5) is 16.8 Å². The van der Waals surface area contributed by atoms with Gasteiger partial charge in [0.05, 0.1) is 12.6 Å². The van der Waals surface area contributed by atoms with Crippen molar-refractivity contribution in [2.75, 3.05) is 29.5 Å². The molecule has 0 radical (unpaired) electrons. The highest BCUT2D eigenvalue weighted by Crippen LogP contribution is 2.43. The summed E-state index contributed by atoms with van der Waals surface area (Å²) in [6.45, 7) is 0.0467. The van der Waals surface area contributed by atoms with Crippen LogP contribution in [0.3, 0.4) is 0 Å². The van der Waals surface area contributed by atoms with Crippen LogP contribution < -0.4 is 27.1 Å². The number of thiazole rings is 1. The molecular weight excluding hydrogens is 658 g/mol. The van der Waals surface area contributed by atoms with Crippen LogP contribution in [-0.2, 0) is 30.6 Å². The van der Waals surface area contributed by atoms with Crippen LogP contribution >= 0.6 is 23.1 Å². The van der Waals surface area contributed by atoms with Crippen molar-refractivity contribution in [2.45, 2.75) is 24.1 Å². The lowest BCUT2D eigenvalue weighted by Crippen LogP contribution is -2.73. The van der Waals surface area contributed by atoms with E-state index in [1.807, 2.05) is 0 Å². The normalized spacial score (nSPS) is 21.5. The third-order valence-electron chi connectivity index (χ3n) is 7.29. The predicted molar refractivity (Wildman–Crippen MR) is 167 cm³/mol. The van der Waals surface area contributed by atoms with Crippen LogP contribution in [0.1, 0.15) is 17.4 Å². The van der Waals surface area contributed by atoms with Crippen LogP contribution in [0.5, 0.6) is 11.5 Å². The molecule has 11 N–H and O–H groups in total. The third-order valence-corrected chi connectivity index (χ3v) is 9.51. The van der Waals surface area contributed by atoms with Gasteiger partial charge in [0.25, 0.3) is 5.91 Å². The van der Waals surface area contributed by atoms with E-state index in [9.17, 15) is 39.6 Å². The van der Waals surface area contributed by atoms with Crippen molar-refractivity contribution < 1.29 is 49.0 Å². The van der Waals surface area contributed by atoms with E-state index in [1.54, 1.807) is 10.6 Å². The molecule has 5 rings (SSSR count). The van der Waals surface area contributed by atoms with E-state index in [1.165, 1.54) is 34.8 Å². The first-order valence-corrected chi connectivity index (χ1v) is 15.5. The quantitative estimate of drug-likeness (QED) is 0.0308. The summed E-state index contributed by atoms with van der Waals surface area (Å²) in [5.74, 6) is -4.60. The van der Waals surface area contributed by atoms with Gasteiger partial charge in [-0.25, -0.2) is 14.3 Å². The second kappa shape index (κ2) is 13.0. The molecule has 3 unspecified atom stereocenters. The van der Waals surface area contributed by atoms with Crippen molar-refractivity contribution in [3.63, 3.8) is 0 Å². The zero-order chi connectivity index (χ0) is 34.0. The second-order valence-electron chi connectivity index (χ2n) is 10.5. The minimum absolute atomic E-state index is 0.0625. The number of thioether (sulfide) groups is 1. The topological polar surface area (TPSA) is 294 Å². The maximum absolute atomic E-state index is 13.4. The second-order valence-corrected chi connectivity index (χ2v) is 12.5. The van der Waals surface area contributed by atoms with Crippen LogP contribution in [0.15, 0.2) is 53.3 Å². The van der Waals surface area contributed by atoms with Crippen LogP contribution in [0.2, 0.25) is 0 Å². The van der Waals surface area contributed by atoms with E-state index in [0.717, 1.165) is 35.2 Å². The van der Waals surface area contributed by atoms with Crippen molar-refractivity contribution >= 4 is 69.3 Å². The van der Waals surface area contributed by atoms with E-state index >= 15 is 0 Å². The number of carbonyl (C=O) groups excluding carboxylic acids is 2. The minimum atomic E-state index is -1.81. The average molecular weight is 687 g/mol. The Morgan fingerprint density at radius 2 is 1.98 bits per heavy atom. The fourth-order valence-corrected chi connectivity index (χ4v) is 6.85. The van der Waals surface area contributed by atoms with Crippen molar-refractivity contribution in [1.29, 1.82) is 0 Å². The molecule has 4 atom stereocenters. The largest absolute Gasteiger partial charge is 0.504 e. The van der Waals surface area contributed by atoms with Gasteiger partial charge in [-0.05, 0) is 12.1 Å². The SMILES string of the molecule is Nc1cc(N)[n+](C/C=C/C2(C(=O)O)CS[C@@H]3C(NC(=O)C(=NOC(C(=O)O)c4ccc(O)c(O)c4)c4csc(N)n4)C(=O)N3C2)cn1. The van der Waals surface area contributed by atoms with Crippen molar-refractivity contribution in [3.05, 3.63) is 59.4 Å². The summed E-state index contributed by atoms with van der Waals surface area (Å²) >= 11 is 2.13. The molecule has 47 heavy (non-hydrogen) atoms. The molecule has 246 valence electrons. The monoisotopic (exact) mass is 686 g/mol. The van der Waals surface area contributed by atoms with E-state index in [0.29, 0.717) is 5.82 Å². The Bertz CT molecular complexity index is 1820. The van der Waals surface area contributed by atoms with E-state index in [4.69, 9.17) is 22.0 Å². The molecule has 0 saturated carbocycles. The number of oxime groups is 1. The number of hydrogen-bond acceptors (Lipinski definition) is 15. The molecule has 3 aromatic rings. The molecule has 0 spiro atoms. The van der Waals surface area contributed by atoms with Gasteiger partial charge < -0.3 is 52.7 Å². The lowest BCUT2D eigenvalue weighted by Gasteiger charge is -2.53. The number of benzene rings is 1. The highest BCUT2D eigenvalue weighted by Gasteiger charge is 2.57. The Kier molecular flexibility index (Phi) is 9.06. The zero-order valence-electron chi connectivity index (χ0n) is 24.1. The number of aliphatic carboxylic acids is 2. The zero-order valence-corrected chi connectivity index (χ0v) is 25.7. The Hall–Kier alpha value is -5.63. The van der Waals surface area contributed by atoms with E-state index < -0.39 is 63.9 Å². The van der Waals surface area contributed by atoms with Gasteiger partial charge in [0, 0.05) is 23.2 Å². The van der Waals surface area contributed by atoms with Crippen molar-refractivity contribution in [3.8, 4) is 11.5 Å². The van der Waals surface area contributed by atoms with Gasteiger partial charge in [0.2, 0.25) is 30.0 Å². The van der Waals surface area contributed by atoms with Gasteiger partial charge in [0.15, 0.2) is 22.3 Å². The molecule has 4 heterocycles. The number of aromatic nitrogens is 3. The smallest absolute Gasteiger partial charge is 0.352 e. The fraction of sp³-hybridized carbons (Fsp3) is 0.259. The third kappa shape index (κ3) is 6.67. The maximum atomic E-state index is 13.4. The predicted octanol–water partition coefficient (Wildman–Crippen LogP) is -0.743. The molecule has 0 aliphatic carbocycles. The maximum Gasteiger partial charge on any atom is 0.352 e. The average Bonchev–Trinajstić information content (AvgIpc) is 3.45. The Labute approximate surface area is 273 Å². The highest BCUT2D eigenvalue weighted by molar-refractivity contribution is 8.00. The molecular formula is C27H28N9O9S2+. The highest BCUT2D eigenvalue weighted by atomic mass is 32.2. The molecule has 2 aliphatic heterocycles. The van der Waals surface area contributed by atoms with Crippen LogP contribution in [0.25, 0.3) is 0 Å². The number of carboxylic acid groups (broad SMARTS) is 2. The number of amides is 2. The fourth-order valence-electron chi connectivity index (χ4n) is 4.78. The molecule has 20 heteroatoms. The van der Waals surface area contributed by atoms with E-state index in [2.05, 4.69) is 20.4 Å². The van der Waals surface area contributed by atoms with Gasteiger partial charge in [-0.3, -0.25) is 14.4 Å². The summed E-state index contributed by atoms with van der Waals surface area (Å²) in [4.78, 5) is 65.5. The summed E-state index contributed by atoms with van der Waals surface area (Å²) in [5, 5.41) is 46.3. The molecule has 2 saturated heterocycles. The lowest BCUT2D eigenvalue weighted by atomic mass is 9.86. The molecule has 2 amide bonds. The van der Waals surface area contributed by atoms with Gasteiger partial charge in [-0.2, -0.15) is 0 Å². The lowest BCUT2D eigenvalue weighted by molar-refractivity contribution is -0.675. The number of anilines is 3. The molecule has 2 aromatic heterocycles. The molecule has 18 nitrogen and oxygen atoms in total. The minimum Gasteiger partial charge on any atom is -0.504 e. The summed E-state index contributed by atoms with van der Waals surface area (Å²) in [5.41, 5.74) is 15.2. The number of rotatable bonds is 11. The van der Waals surface area contributed by atoms with Gasteiger partial charge in [-0.15, -0.1) is 23.1 Å². The van der Waals surface area contributed by atoms with Crippen LogP contribution in [0, 0.1) is 5.41 Å². The first-order chi connectivity index (χ1) is 22.3. The van der Waals surface area contributed by atoms with Crippen LogP contribution in [-0.4, -0.2) is 88.5 Å². The number of nitrogens with two attached hydrogens (primary N) is 3. The van der Waals surface area contributed by atoms with Gasteiger partial charge in [-0.1, -0.05) is 28.4 Å². The number of allylic oxidation sites excluding steroid dienone is 1. The van der Waals surface area contributed by atoms with Crippen molar-refractivity contribution in [1.82, 2.24) is 20.2 Å². The number of β-lactam (4-membered cyclic amide) rings is 1. The van der Waals surface area contributed by atoms with Crippen molar-refractivity contribution in [2.24, 2.45) is 10.6 Å². The standard InChI is InChI=1S/C27H27N9O9S2/c28-16-7-17(29)35(11-31-16)5-1-4-27(25(43)44)9-36-22(40)19(23(36)47-10-27)33-21(39)18(13-8-46-26(30)32-13)34-45-20(24(41)42)12-2-3-14(37)15(38)6-12/h1-4,6-8,11,19-20,23H,5,9-10H2,(H10,28,29,30,32,33,34,37,38,39,41,42,43,44)/p+1/b4-1+/t19?,20?,23-,27?/m1/s1. The number of hydrogen-bond donors (Lipinski definition) is 8. The number of phenolic OH excluding ortho intramolecular Hbond substituents is 2. The number of fused-ring (bicyclic) bond motifs is 1. The number of carboxylic acids is 2. The first-order valence-electron chi connectivity index (χ1n) is 13.5. The van der Waals surface area contributed by atoms with Gasteiger partial charge in [0.1, 0.15) is 22.5 Å². The molecule has 1 aromatic carbocycles. The van der Waals surface area contributed by atoms with E-state index in [-0.39, 0.29) is 41.0 Å². The Balaban J connectivity index is 1.30. The molecule has 2 fully saturated rings. The van der Waals surface area contributed by atoms with Gasteiger partial charge >= 0.3 is 11.9 Å². The number of aromatic hydroxyl groups is 2. The summed E-state index contributed by atoms with van der Waals surface area (Å²) in [6, 6.07) is 3.60. The first kappa shape index (κ1) is 32.8. The number of phenols is 2. The number of nitrogens with zero attached hydrogens (tertiary/aromatic N) is 5. The summed E-state index contributed by atoms with van der Waals surface area (Å²) < 4.78 is 1.56. The number of nitrogens with one attached hydrogen (secondary N) is 1. The molecule has 0 bridgehead atoms. The molecule has 2 aliphatic rings. The number of nitrogen functional groups attached to an aromatic ring is 3. The number of carbonyl (C=O) groups is 4. The Morgan fingerprint density at radius 1 is 1.21 bits per heavy atom. The summed E-state index contributed by atoms with van der Waals surface area (Å²) in [7, 11) is 0.